The van der Waals surface area contributed by atoms with E-state index in [1.165, 1.54) is 50.5 Å². The van der Waals surface area contributed by atoms with Crippen LogP contribution in [-0.4, -0.2) is 66.8 Å². The van der Waals surface area contributed by atoms with Crippen LogP contribution >= 0.6 is 0 Å². The van der Waals surface area contributed by atoms with Gasteiger partial charge in [0.05, 0.1) is 6.26 Å². The summed E-state index contributed by atoms with van der Waals surface area (Å²) in [5, 5.41) is 2.62. The van der Waals surface area contributed by atoms with Crippen LogP contribution < -0.4 is 10.1 Å². The first kappa shape index (κ1) is 29.1. The van der Waals surface area contributed by atoms with E-state index >= 15 is 0 Å². The van der Waals surface area contributed by atoms with Crippen molar-refractivity contribution in [3.8, 4) is 5.75 Å². The van der Waals surface area contributed by atoms with Gasteiger partial charge in [-0.15, -0.1) is 0 Å². The van der Waals surface area contributed by atoms with E-state index in [1.54, 1.807) is 18.2 Å². The lowest BCUT2D eigenvalue weighted by molar-refractivity contribution is -0.257. The fraction of sp³-hybridized carbons (Fsp3) is 0.370. The molecule has 5 atom stereocenters. The molecule has 2 heterocycles. The first-order valence-corrected chi connectivity index (χ1v) is 12.0. The van der Waals surface area contributed by atoms with Crippen molar-refractivity contribution >= 4 is 35.7 Å². The Bertz CT molecular complexity index is 1200. The maximum absolute atomic E-state index is 12.5. The molecule has 1 aromatic carbocycles. The molecule has 0 aliphatic carbocycles. The molecule has 0 radical (unpaired) electrons. The quantitative estimate of drug-likeness (QED) is 0.203. The lowest BCUT2D eigenvalue weighted by Gasteiger charge is -2.44. The molecule has 0 unspecified atom stereocenters. The number of rotatable bonds is 10. The second-order valence-corrected chi connectivity index (χ2v) is 8.58. The Morgan fingerprint density at radius 2 is 1.56 bits per heavy atom. The number of hydrogen-bond donors (Lipinski definition) is 1. The van der Waals surface area contributed by atoms with Crippen molar-refractivity contribution in [1.29, 1.82) is 0 Å². The highest BCUT2D eigenvalue weighted by Crippen LogP contribution is 2.29. The van der Waals surface area contributed by atoms with Crippen molar-refractivity contribution in [1.82, 2.24) is 5.32 Å². The lowest BCUT2D eigenvalue weighted by Crippen LogP contribution is -2.67. The van der Waals surface area contributed by atoms with Gasteiger partial charge in [0.1, 0.15) is 30.3 Å². The number of carbonyl (C=O) groups excluding carboxylic acids is 5. The molecule has 1 saturated heterocycles. The largest absolute Gasteiger partial charge is 0.465 e. The van der Waals surface area contributed by atoms with Gasteiger partial charge < -0.3 is 33.4 Å². The maximum atomic E-state index is 12.5. The molecule has 208 valence electrons. The van der Waals surface area contributed by atoms with Crippen LogP contribution in [0.4, 0.5) is 0 Å². The topological polar surface area (TPSA) is 157 Å². The molecule has 1 amide bonds. The molecule has 0 spiro atoms. The van der Waals surface area contributed by atoms with E-state index < -0.39 is 54.5 Å². The molecule has 3 rings (SSSR count). The third-order valence-corrected chi connectivity index (χ3v) is 5.40. The Labute approximate surface area is 224 Å². The summed E-state index contributed by atoms with van der Waals surface area (Å²) in [4.78, 5) is 59.8. The molecule has 1 fully saturated rings. The minimum Gasteiger partial charge on any atom is -0.465 e. The molecule has 1 aliphatic heterocycles. The molecule has 0 bridgehead atoms. The van der Waals surface area contributed by atoms with Gasteiger partial charge in [-0.3, -0.25) is 24.0 Å². The van der Waals surface area contributed by atoms with Gasteiger partial charge in [-0.05, 0) is 48.6 Å². The van der Waals surface area contributed by atoms with Crippen LogP contribution in [0.3, 0.4) is 0 Å². The number of amides is 1. The van der Waals surface area contributed by atoms with E-state index in [2.05, 4.69) is 5.32 Å². The standard InChI is InChI=1S/C27H29NO11/c1-15(29)28-24-26(37-18(4)32)25(36-17(3)31)23(14-35-16(2)30)39-27(24)38-21-9-7-19(8-10-21)22(33)12-11-20-6-5-13-34-20/h5-13,23-27H,14H2,1-4H3,(H,28,29)/b12-11+/t23-,24+,25+,26-,27-/m0/s1. The summed E-state index contributed by atoms with van der Waals surface area (Å²) < 4.78 is 33.0. The number of furan rings is 1. The van der Waals surface area contributed by atoms with E-state index in [-0.39, 0.29) is 18.1 Å². The summed E-state index contributed by atoms with van der Waals surface area (Å²) >= 11 is 0. The van der Waals surface area contributed by atoms with Gasteiger partial charge in [0.15, 0.2) is 18.0 Å². The highest BCUT2D eigenvalue weighted by Gasteiger charge is 2.51. The number of esters is 3. The van der Waals surface area contributed by atoms with Crippen LogP contribution in [0.25, 0.3) is 6.08 Å². The second-order valence-electron chi connectivity index (χ2n) is 8.58. The fourth-order valence-corrected chi connectivity index (χ4v) is 3.86. The van der Waals surface area contributed by atoms with Crippen molar-refractivity contribution in [3.05, 3.63) is 60.1 Å². The Morgan fingerprint density at radius 1 is 0.897 bits per heavy atom. The highest BCUT2D eigenvalue weighted by atomic mass is 16.7. The molecule has 0 saturated carbocycles. The van der Waals surface area contributed by atoms with Crippen LogP contribution in [0.2, 0.25) is 0 Å². The van der Waals surface area contributed by atoms with Gasteiger partial charge in [-0.2, -0.15) is 0 Å². The zero-order valence-corrected chi connectivity index (χ0v) is 21.8. The van der Waals surface area contributed by atoms with Crippen LogP contribution in [0, 0.1) is 0 Å². The molecule has 12 nitrogen and oxygen atoms in total. The normalized spacial score (nSPS) is 22.5. The highest BCUT2D eigenvalue weighted by molar-refractivity contribution is 6.06. The van der Waals surface area contributed by atoms with E-state index in [4.69, 9.17) is 28.1 Å². The second kappa shape index (κ2) is 13.4. The van der Waals surface area contributed by atoms with Crippen LogP contribution in [0.15, 0.2) is 53.2 Å². The van der Waals surface area contributed by atoms with E-state index in [1.807, 2.05) is 0 Å². The van der Waals surface area contributed by atoms with E-state index in [0.29, 0.717) is 11.3 Å². The zero-order chi connectivity index (χ0) is 28.5. The molecule has 1 aliphatic rings. The molecular formula is C27H29NO11. The predicted octanol–water partition coefficient (Wildman–Crippen LogP) is 2.21. The van der Waals surface area contributed by atoms with Crippen LogP contribution in [-0.2, 0) is 38.1 Å². The third-order valence-electron chi connectivity index (χ3n) is 5.40. The summed E-state index contributed by atoms with van der Waals surface area (Å²) in [6, 6.07) is 8.38. The van der Waals surface area contributed by atoms with Crippen LogP contribution in [0.1, 0.15) is 43.8 Å². The van der Waals surface area contributed by atoms with E-state index in [0.717, 1.165) is 13.8 Å². The van der Waals surface area contributed by atoms with Crippen LogP contribution in [0.5, 0.6) is 5.75 Å². The average molecular weight is 544 g/mol. The molecule has 2 aromatic rings. The van der Waals surface area contributed by atoms with Crippen molar-refractivity contribution < 1.29 is 52.1 Å². The predicted molar refractivity (Wildman–Crippen MR) is 133 cm³/mol. The van der Waals surface area contributed by atoms with Crippen molar-refractivity contribution in [2.75, 3.05) is 6.61 Å². The number of nitrogens with one attached hydrogen (secondary N) is 1. The molecule has 1 aromatic heterocycles. The van der Waals surface area contributed by atoms with Crippen molar-refractivity contribution in [3.63, 3.8) is 0 Å². The zero-order valence-electron chi connectivity index (χ0n) is 21.8. The van der Waals surface area contributed by atoms with Crippen molar-refractivity contribution in [2.24, 2.45) is 0 Å². The lowest BCUT2D eigenvalue weighted by atomic mass is 9.96. The summed E-state index contributed by atoms with van der Waals surface area (Å²) in [7, 11) is 0. The number of carbonyl (C=O) groups is 5. The molecule has 39 heavy (non-hydrogen) atoms. The van der Waals surface area contributed by atoms with Gasteiger partial charge in [-0.1, -0.05) is 0 Å². The molecule has 12 heteroatoms. The fourth-order valence-electron chi connectivity index (χ4n) is 3.86. The maximum Gasteiger partial charge on any atom is 0.303 e. The number of ketones is 1. The van der Waals surface area contributed by atoms with Gasteiger partial charge >= 0.3 is 17.9 Å². The third kappa shape index (κ3) is 8.54. The van der Waals surface area contributed by atoms with Crippen molar-refractivity contribution in [2.45, 2.75) is 58.3 Å². The van der Waals surface area contributed by atoms with Gasteiger partial charge in [0, 0.05) is 33.3 Å². The van der Waals surface area contributed by atoms with Gasteiger partial charge in [0.2, 0.25) is 12.2 Å². The van der Waals surface area contributed by atoms with Gasteiger partial charge in [-0.25, -0.2) is 0 Å². The Balaban J connectivity index is 1.86. The average Bonchev–Trinajstić information content (AvgIpc) is 3.38. The Kier molecular flexibility index (Phi) is 9.98. The molecular weight excluding hydrogens is 514 g/mol. The van der Waals surface area contributed by atoms with Gasteiger partial charge in [0.25, 0.3) is 0 Å². The SMILES string of the molecule is CC(=O)N[C@H]1[C@@H](Oc2ccc(C(=O)/C=C/c3ccco3)cc2)O[C@@H](COC(C)=O)[C@@H](OC(C)=O)[C@H]1OC(C)=O. The number of allylic oxidation sites excluding steroid dienone is 1. The number of hydrogen-bond acceptors (Lipinski definition) is 11. The summed E-state index contributed by atoms with van der Waals surface area (Å²) in [5.74, 6) is -2.05. The summed E-state index contributed by atoms with van der Waals surface area (Å²) in [6.07, 6.45) is -0.459. The first-order chi connectivity index (χ1) is 18.5. The number of ether oxygens (including phenoxy) is 5. The smallest absolute Gasteiger partial charge is 0.303 e. The Hall–Kier alpha value is -4.45. The minimum absolute atomic E-state index is 0.251. The minimum atomic E-state index is -1.27. The summed E-state index contributed by atoms with van der Waals surface area (Å²) in [6.45, 7) is 4.37. The molecule has 1 N–H and O–H groups in total. The first-order valence-electron chi connectivity index (χ1n) is 12.0. The summed E-state index contributed by atoms with van der Waals surface area (Å²) in [5.41, 5.74) is 0.369. The number of benzene rings is 1. The monoisotopic (exact) mass is 543 g/mol. The Morgan fingerprint density at radius 3 is 2.13 bits per heavy atom. The van der Waals surface area contributed by atoms with E-state index in [9.17, 15) is 24.0 Å².